The molecule has 23 heavy (non-hydrogen) atoms. The van der Waals surface area contributed by atoms with Crippen molar-refractivity contribution in [3.8, 4) is 10.6 Å². The molecule has 122 valence electrons. The zero-order chi connectivity index (χ0) is 16.4. The molecule has 0 aliphatic heterocycles. The first kappa shape index (κ1) is 16.0. The molecule has 3 aromatic rings. The molecular formula is C17H24N5S+. The fraction of sp³-hybridized carbons (Fsp3) is 0.412. The SMILES string of the molecule is Cc1nc2cc(-c3cccs3)nn2c(NCCC[NH+](C)C)c1C. The van der Waals surface area contributed by atoms with Crippen molar-refractivity contribution in [2.24, 2.45) is 0 Å². The van der Waals surface area contributed by atoms with Gasteiger partial charge in [-0.2, -0.15) is 9.61 Å². The summed E-state index contributed by atoms with van der Waals surface area (Å²) in [7, 11) is 4.36. The number of rotatable bonds is 6. The fourth-order valence-corrected chi connectivity index (χ4v) is 3.28. The van der Waals surface area contributed by atoms with Gasteiger partial charge in [0.05, 0.1) is 25.5 Å². The first-order valence-electron chi connectivity index (χ1n) is 8.00. The molecule has 0 aliphatic carbocycles. The molecule has 3 rings (SSSR count). The van der Waals surface area contributed by atoms with Crippen LogP contribution in [0.1, 0.15) is 17.7 Å². The van der Waals surface area contributed by atoms with E-state index < -0.39 is 0 Å². The van der Waals surface area contributed by atoms with Gasteiger partial charge in [-0.05, 0) is 25.3 Å². The largest absolute Gasteiger partial charge is 0.369 e. The van der Waals surface area contributed by atoms with Crippen LogP contribution < -0.4 is 10.2 Å². The van der Waals surface area contributed by atoms with Crippen LogP contribution in [-0.4, -0.2) is 41.8 Å². The first-order valence-corrected chi connectivity index (χ1v) is 8.88. The normalized spacial score (nSPS) is 11.5. The number of hydrogen-bond acceptors (Lipinski definition) is 4. The molecule has 0 atom stereocenters. The Bertz CT molecular complexity index is 789. The quantitative estimate of drug-likeness (QED) is 0.680. The zero-order valence-electron chi connectivity index (χ0n) is 14.2. The molecule has 6 heteroatoms. The standard InChI is InChI=1S/C17H23N5S/c1-12-13(2)19-16-11-14(15-7-5-10-23-15)20-22(16)17(12)18-8-6-9-21(3)4/h5,7,10-11,18H,6,8-9H2,1-4H3/p+1. The number of hydrogen-bond donors (Lipinski definition) is 2. The van der Waals surface area contributed by atoms with E-state index in [0.717, 1.165) is 47.9 Å². The highest BCUT2D eigenvalue weighted by molar-refractivity contribution is 7.13. The van der Waals surface area contributed by atoms with Gasteiger partial charge >= 0.3 is 0 Å². The molecule has 0 aliphatic rings. The summed E-state index contributed by atoms with van der Waals surface area (Å²) in [6.45, 7) is 6.26. The lowest BCUT2D eigenvalue weighted by Gasteiger charge is -2.13. The Morgan fingerprint density at radius 2 is 2.13 bits per heavy atom. The lowest BCUT2D eigenvalue weighted by molar-refractivity contribution is -0.858. The predicted molar refractivity (Wildman–Crippen MR) is 96.6 cm³/mol. The average Bonchev–Trinajstić information content (AvgIpc) is 3.15. The molecule has 0 bridgehead atoms. The Labute approximate surface area is 141 Å². The van der Waals surface area contributed by atoms with Crippen molar-refractivity contribution in [1.82, 2.24) is 14.6 Å². The molecule has 5 nitrogen and oxygen atoms in total. The highest BCUT2D eigenvalue weighted by Crippen LogP contribution is 2.27. The number of nitrogens with zero attached hydrogens (tertiary/aromatic N) is 3. The predicted octanol–water partition coefficient (Wildman–Crippen LogP) is 2.02. The Morgan fingerprint density at radius 3 is 2.83 bits per heavy atom. The summed E-state index contributed by atoms with van der Waals surface area (Å²) >= 11 is 1.70. The van der Waals surface area contributed by atoms with E-state index in [1.165, 1.54) is 9.78 Å². The maximum absolute atomic E-state index is 4.77. The summed E-state index contributed by atoms with van der Waals surface area (Å²) in [5, 5.41) is 10.4. The van der Waals surface area contributed by atoms with Crippen molar-refractivity contribution in [3.05, 3.63) is 34.8 Å². The van der Waals surface area contributed by atoms with Gasteiger partial charge in [-0.3, -0.25) is 0 Å². The molecule has 0 saturated heterocycles. The molecule has 0 radical (unpaired) electrons. The second kappa shape index (κ2) is 6.68. The van der Waals surface area contributed by atoms with Crippen molar-refractivity contribution in [1.29, 1.82) is 0 Å². The number of thiophene rings is 1. The fourth-order valence-electron chi connectivity index (χ4n) is 2.60. The van der Waals surface area contributed by atoms with Crippen LogP contribution in [-0.2, 0) is 0 Å². The van der Waals surface area contributed by atoms with Gasteiger partial charge < -0.3 is 10.2 Å². The molecule has 0 amide bonds. The third-order valence-corrected chi connectivity index (χ3v) is 4.89. The lowest BCUT2D eigenvalue weighted by atomic mass is 10.2. The monoisotopic (exact) mass is 330 g/mol. The van der Waals surface area contributed by atoms with Gasteiger partial charge in [0, 0.05) is 30.3 Å². The van der Waals surface area contributed by atoms with Crippen molar-refractivity contribution >= 4 is 22.8 Å². The molecule has 0 spiro atoms. The summed E-state index contributed by atoms with van der Waals surface area (Å²) in [5.74, 6) is 1.06. The van der Waals surface area contributed by atoms with Crippen LogP contribution in [0.4, 0.5) is 5.82 Å². The van der Waals surface area contributed by atoms with E-state index in [2.05, 4.69) is 61.8 Å². The number of anilines is 1. The minimum atomic E-state index is 0.900. The molecular weight excluding hydrogens is 306 g/mol. The molecule has 0 fully saturated rings. The lowest BCUT2D eigenvalue weighted by Crippen LogP contribution is -3.05. The van der Waals surface area contributed by atoms with Crippen molar-refractivity contribution in [2.45, 2.75) is 20.3 Å². The first-order chi connectivity index (χ1) is 11.1. The van der Waals surface area contributed by atoms with Crippen LogP contribution in [0.5, 0.6) is 0 Å². The zero-order valence-corrected chi connectivity index (χ0v) is 15.0. The van der Waals surface area contributed by atoms with Gasteiger partial charge in [-0.25, -0.2) is 4.98 Å². The van der Waals surface area contributed by atoms with E-state index in [9.17, 15) is 0 Å². The maximum atomic E-state index is 4.77. The molecule has 3 aromatic heterocycles. The minimum Gasteiger partial charge on any atom is -0.369 e. The molecule has 0 unspecified atom stereocenters. The van der Waals surface area contributed by atoms with E-state index in [0.29, 0.717) is 0 Å². The third-order valence-electron chi connectivity index (χ3n) is 4.00. The summed E-state index contributed by atoms with van der Waals surface area (Å²) < 4.78 is 1.94. The highest BCUT2D eigenvalue weighted by atomic mass is 32.1. The highest BCUT2D eigenvalue weighted by Gasteiger charge is 2.13. The van der Waals surface area contributed by atoms with Gasteiger partial charge in [0.15, 0.2) is 5.65 Å². The number of aromatic nitrogens is 3. The Kier molecular flexibility index (Phi) is 4.63. The van der Waals surface area contributed by atoms with Crippen LogP contribution in [0.15, 0.2) is 23.6 Å². The van der Waals surface area contributed by atoms with E-state index in [4.69, 9.17) is 5.10 Å². The molecule has 3 heterocycles. The second-order valence-electron chi connectivity index (χ2n) is 6.19. The van der Waals surface area contributed by atoms with Crippen molar-refractivity contribution in [3.63, 3.8) is 0 Å². The third kappa shape index (κ3) is 3.38. The van der Waals surface area contributed by atoms with E-state index in [1.54, 1.807) is 11.3 Å². The van der Waals surface area contributed by atoms with E-state index in [-0.39, 0.29) is 0 Å². The molecule has 0 aromatic carbocycles. The van der Waals surface area contributed by atoms with Crippen molar-refractivity contribution < 1.29 is 4.90 Å². The van der Waals surface area contributed by atoms with Gasteiger partial charge in [0.2, 0.25) is 0 Å². The summed E-state index contributed by atoms with van der Waals surface area (Å²) in [4.78, 5) is 7.33. The van der Waals surface area contributed by atoms with Crippen molar-refractivity contribution in [2.75, 3.05) is 32.5 Å². The van der Waals surface area contributed by atoms with Crippen LogP contribution in [0.2, 0.25) is 0 Å². The summed E-state index contributed by atoms with van der Waals surface area (Å²) in [6, 6.07) is 6.21. The summed E-state index contributed by atoms with van der Waals surface area (Å²) in [6.07, 6.45) is 1.13. The number of nitrogens with one attached hydrogen (secondary N) is 2. The second-order valence-corrected chi connectivity index (χ2v) is 7.13. The van der Waals surface area contributed by atoms with Crippen LogP contribution in [0.3, 0.4) is 0 Å². The Balaban J connectivity index is 1.93. The number of aryl methyl sites for hydroxylation is 1. The smallest absolute Gasteiger partial charge is 0.158 e. The van der Waals surface area contributed by atoms with Gasteiger partial charge in [0.25, 0.3) is 0 Å². The van der Waals surface area contributed by atoms with E-state index in [1.807, 2.05) is 4.52 Å². The molecule has 2 N–H and O–H groups in total. The van der Waals surface area contributed by atoms with Crippen LogP contribution in [0, 0.1) is 13.8 Å². The Hall–Kier alpha value is -1.92. The minimum absolute atomic E-state index is 0.900. The topological polar surface area (TPSA) is 46.7 Å². The number of fused-ring (bicyclic) bond motifs is 1. The maximum Gasteiger partial charge on any atom is 0.158 e. The van der Waals surface area contributed by atoms with E-state index >= 15 is 0 Å². The van der Waals surface area contributed by atoms with Crippen LogP contribution in [0.25, 0.3) is 16.2 Å². The molecule has 0 saturated carbocycles. The average molecular weight is 330 g/mol. The Morgan fingerprint density at radius 1 is 1.30 bits per heavy atom. The van der Waals surface area contributed by atoms with Crippen LogP contribution >= 0.6 is 11.3 Å². The number of quaternary nitrogens is 1. The van der Waals surface area contributed by atoms with Gasteiger partial charge in [0.1, 0.15) is 11.5 Å². The van der Waals surface area contributed by atoms with Gasteiger partial charge in [-0.1, -0.05) is 6.07 Å². The van der Waals surface area contributed by atoms with Gasteiger partial charge in [-0.15, -0.1) is 11.3 Å². The summed E-state index contributed by atoms with van der Waals surface area (Å²) in [5.41, 5.74) is 4.10.